The van der Waals surface area contributed by atoms with Crippen LogP contribution in [0.15, 0.2) is 0 Å². The molecule has 15 heavy (non-hydrogen) atoms. The number of carbonyl (C=O) groups excluding carboxylic acids is 1. The molecule has 1 aliphatic heterocycles. The van der Waals surface area contributed by atoms with E-state index in [1.54, 1.807) is 4.90 Å². The maximum atomic E-state index is 11.9. The third kappa shape index (κ3) is 2.09. The van der Waals surface area contributed by atoms with Crippen LogP contribution in [0.3, 0.4) is 0 Å². The lowest BCUT2D eigenvalue weighted by Gasteiger charge is -2.29. The number of aliphatic hydroxyl groups excluding tert-OH is 1. The Morgan fingerprint density at radius 2 is 2.13 bits per heavy atom. The normalized spacial score (nSPS) is 33.9. The highest BCUT2D eigenvalue weighted by molar-refractivity contribution is 5.70. The first kappa shape index (κ1) is 10.7. The Hall–Kier alpha value is -0.770. The van der Waals surface area contributed by atoms with E-state index in [1.165, 1.54) is 0 Å². The fourth-order valence-corrected chi connectivity index (χ4v) is 2.32. The summed E-state index contributed by atoms with van der Waals surface area (Å²) in [6.07, 6.45) is 1.74. The summed E-state index contributed by atoms with van der Waals surface area (Å²) in [7, 11) is 0. The molecule has 1 aliphatic carbocycles. The smallest absolute Gasteiger partial charge is 0.410 e. The predicted octanol–water partition coefficient (Wildman–Crippen LogP) is 1.38. The van der Waals surface area contributed by atoms with Crippen LogP contribution < -0.4 is 0 Å². The van der Waals surface area contributed by atoms with Gasteiger partial charge in [-0.3, -0.25) is 4.90 Å². The molecule has 4 heteroatoms. The molecule has 0 radical (unpaired) electrons. The number of ether oxygens (including phenoxy) is 1. The summed E-state index contributed by atoms with van der Waals surface area (Å²) >= 11 is 0. The third-order valence-corrected chi connectivity index (χ3v) is 3.03. The molecule has 2 aliphatic rings. The number of hydrogen-bond acceptors (Lipinski definition) is 3. The molecule has 1 N–H and O–H groups in total. The van der Waals surface area contributed by atoms with Crippen LogP contribution in [0.2, 0.25) is 0 Å². The van der Waals surface area contributed by atoms with Gasteiger partial charge in [0.2, 0.25) is 0 Å². The number of rotatable bonds is 1. The molecule has 2 unspecified atom stereocenters. The average Bonchev–Trinajstić information content (AvgIpc) is 2.73. The Kier molecular flexibility index (Phi) is 2.41. The maximum absolute atomic E-state index is 11.9. The Morgan fingerprint density at radius 1 is 1.47 bits per heavy atom. The lowest BCUT2D eigenvalue weighted by Crippen LogP contribution is -2.43. The summed E-state index contributed by atoms with van der Waals surface area (Å²) < 4.78 is 5.33. The van der Waals surface area contributed by atoms with Crippen LogP contribution in [0, 0.1) is 5.92 Å². The van der Waals surface area contributed by atoms with Gasteiger partial charge in [0.25, 0.3) is 0 Å². The van der Waals surface area contributed by atoms with E-state index >= 15 is 0 Å². The molecule has 86 valence electrons. The Balaban J connectivity index is 1.99. The van der Waals surface area contributed by atoms with E-state index in [1.807, 2.05) is 20.8 Å². The molecule has 0 aromatic carbocycles. The third-order valence-electron chi connectivity index (χ3n) is 3.03. The summed E-state index contributed by atoms with van der Waals surface area (Å²) in [5.74, 6) is 0.606. The quantitative estimate of drug-likeness (QED) is 0.715. The van der Waals surface area contributed by atoms with Crippen molar-refractivity contribution in [2.75, 3.05) is 6.61 Å². The summed E-state index contributed by atoms with van der Waals surface area (Å²) in [4.78, 5) is 13.6. The largest absolute Gasteiger partial charge is 0.444 e. The van der Waals surface area contributed by atoms with Crippen LogP contribution in [0.1, 0.15) is 33.6 Å². The van der Waals surface area contributed by atoms with Gasteiger partial charge in [0, 0.05) is 6.04 Å². The van der Waals surface area contributed by atoms with Crippen molar-refractivity contribution in [3.63, 3.8) is 0 Å². The molecule has 4 nitrogen and oxygen atoms in total. The standard InChI is InChI=1S/C11H19NO3/c1-11(2,3)15-10(14)12-8(6-13)4-7-5-9(7)12/h7-9,13H,4-6H2,1-3H3/t7?,8-,9?/m1/s1. The molecular weight excluding hydrogens is 194 g/mol. The number of amides is 1. The molecule has 0 aromatic rings. The van der Waals surface area contributed by atoms with Crippen molar-refractivity contribution in [2.24, 2.45) is 5.92 Å². The minimum Gasteiger partial charge on any atom is -0.444 e. The highest BCUT2D eigenvalue weighted by Gasteiger charge is 2.54. The zero-order valence-corrected chi connectivity index (χ0v) is 9.56. The molecular formula is C11H19NO3. The molecule has 1 saturated carbocycles. The van der Waals surface area contributed by atoms with E-state index in [4.69, 9.17) is 4.74 Å². The number of nitrogens with zero attached hydrogens (tertiary/aromatic N) is 1. The van der Waals surface area contributed by atoms with E-state index in [0.29, 0.717) is 12.0 Å². The van der Waals surface area contributed by atoms with Gasteiger partial charge in [-0.25, -0.2) is 4.79 Å². The second-order valence-corrected chi connectivity index (χ2v) is 5.52. The number of fused-ring (bicyclic) bond motifs is 1. The van der Waals surface area contributed by atoms with Crippen molar-refractivity contribution in [2.45, 2.75) is 51.3 Å². The fourth-order valence-electron chi connectivity index (χ4n) is 2.32. The van der Waals surface area contributed by atoms with Gasteiger partial charge in [-0.1, -0.05) is 0 Å². The van der Waals surface area contributed by atoms with E-state index in [0.717, 1.165) is 12.8 Å². The van der Waals surface area contributed by atoms with E-state index in [2.05, 4.69) is 0 Å². The van der Waals surface area contributed by atoms with Crippen molar-refractivity contribution < 1.29 is 14.6 Å². The SMILES string of the molecule is CC(C)(C)OC(=O)N1C2CC2C[C@@H]1CO. The first-order chi connectivity index (χ1) is 6.92. The van der Waals surface area contributed by atoms with Crippen molar-refractivity contribution in [1.82, 2.24) is 4.90 Å². The highest BCUT2D eigenvalue weighted by Crippen LogP contribution is 2.48. The van der Waals surface area contributed by atoms with Crippen molar-refractivity contribution in [3.05, 3.63) is 0 Å². The predicted molar refractivity (Wildman–Crippen MR) is 55.5 cm³/mol. The molecule has 1 saturated heterocycles. The van der Waals surface area contributed by atoms with Crippen LogP contribution in [0.25, 0.3) is 0 Å². The first-order valence-corrected chi connectivity index (χ1v) is 5.54. The Labute approximate surface area is 90.2 Å². The molecule has 1 amide bonds. The van der Waals surface area contributed by atoms with Crippen LogP contribution >= 0.6 is 0 Å². The molecule has 1 heterocycles. The van der Waals surface area contributed by atoms with Gasteiger partial charge in [0.15, 0.2) is 0 Å². The zero-order valence-electron chi connectivity index (χ0n) is 9.56. The van der Waals surface area contributed by atoms with Gasteiger partial charge in [0.05, 0.1) is 12.6 Å². The summed E-state index contributed by atoms with van der Waals surface area (Å²) in [5.41, 5.74) is -0.454. The molecule has 0 spiro atoms. The van der Waals surface area contributed by atoms with Gasteiger partial charge in [-0.2, -0.15) is 0 Å². The summed E-state index contributed by atoms with van der Waals surface area (Å²) in [5, 5.41) is 9.17. The van der Waals surface area contributed by atoms with Gasteiger partial charge in [-0.15, -0.1) is 0 Å². The fraction of sp³-hybridized carbons (Fsp3) is 0.909. The second-order valence-electron chi connectivity index (χ2n) is 5.52. The first-order valence-electron chi connectivity index (χ1n) is 5.54. The molecule has 2 fully saturated rings. The topological polar surface area (TPSA) is 49.8 Å². The van der Waals surface area contributed by atoms with E-state index in [-0.39, 0.29) is 18.7 Å². The minimum atomic E-state index is -0.454. The number of hydrogen-bond donors (Lipinski definition) is 1. The Morgan fingerprint density at radius 3 is 2.67 bits per heavy atom. The van der Waals surface area contributed by atoms with Gasteiger partial charge < -0.3 is 9.84 Å². The monoisotopic (exact) mass is 213 g/mol. The number of likely N-dealkylation sites (tertiary alicyclic amines) is 1. The van der Waals surface area contributed by atoms with Crippen LogP contribution in [-0.2, 0) is 4.74 Å². The number of aliphatic hydroxyl groups is 1. The lowest BCUT2D eigenvalue weighted by molar-refractivity contribution is 0.0126. The number of carbonyl (C=O) groups is 1. The number of piperidine rings is 1. The lowest BCUT2D eigenvalue weighted by atomic mass is 10.2. The average molecular weight is 213 g/mol. The maximum Gasteiger partial charge on any atom is 0.410 e. The highest BCUT2D eigenvalue weighted by atomic mass is 16.6. The van der Waals surface area contributed by atoms with E-state index in [9.17, 15) is 9.90 Å². The molecule has 2 rings (SSSR count). The van der Waals surface area contributed by atoms with Gasteiger partial charge in [0.1, 0.15) is 5.60 Å². The van der Waals surface area contributed by atoms with Gasteiger partial charge in [-0.05, 0) is 39.5 Å². The molecule has 0 bridgehead atoms. The minimum absolute atomic E-state index is 0.0244. The van der Waals surface area contributed by atoms with E-state index < -0.39 is 5.60 Å². The van der Waals surface area contributed by atoms with Crippen molar-refractivity contribution >= 4 is 6.09 Å². The summed E-state index contributed by atoms with van der Waals surface area (Å²) in [6.45, 7) is 5.63. The second kappa shape index (κ2) is 3.37. The summed E-state index contributed by atoms with van der Waals surface area (Å²) in [6, 6.07) is 0.306. The van der Waals surface area contributed by atoms with Crippen LogP contribution in [-0.4, -0.2) is 40.4 Å². The van der Waals surface area contributed by atoms with Gasteiger partial charge >= 0.3 is 6.09 Å². The zero-order chi connectivity index (χ0) is 11.2. The van der Waals surface area contributed by atoms with Crippen LogP contribution in [0.5, 0.6) is 0 Å². The van der Waals surface area contributed by atoms with Crippen molar-refractivity contribution in [1.29, 1.82) is 0 Å². The molecule has 3 atom stereocenters. The molecule has 0 aromatic heterocycles. The Bertz CT molecular complexity index is 271. The van der Waals surface area contributed by atoms with Crippen LogP contribution in [0.4, 0.5) is 4.79 Å². The van der Waals surface area contributed by atoms with Crippen molar-refractivity contribution in [3.8, 4) is 0 Å².